The molecule has 32 heavy (non-hydrogen) atoms. The first-order valence-corrected chi connectivity index (χ1v) is 12.0. The molecule has 1 aliphatic rings. The van der Waals surface area contributed by atoms with Gasteiger partial charge in [0.15, 0.2) is 0 Å². The molecule has 1 saturated heterocycles. The quantitative estimate of drug-likeness (QED) is 0.275. The predicted octanol–water partition coefficient (Wildman–Crippen LogP) is 2.07. The molecule has 1 aliphatic heterocycles. The number of hydrogen-bond acceptors (Lipinski definition) is 10. The van der Waals surface area contributed by atoms with Crippen LogP contribution in [0.1, 0.15) is 11.5 Å². The topological polar surface area (TPSA) is 117 Å². The zero-order valence-electron chi connectivity index (χ0n) is 18.8. The summed E-state index contributed by atoms with van der Waals surface area (Å²) in [5.74, 6) is 4.52. The highest BCUT2D eigenvalue weighted by atomic mass is 32.2. The Labute approximate surface area is 193 Å². The van der Waals surface area contributed by atoms with Crippen LogP contribution >= 0.6 is 11.8 Å². The van der Waals surface area contributed by atoms with Crippen molar-refractivity contribution in [3.8, 4) is 0 Å². The van der Waals surface area contributed by atoms with Gasteiger partial charge >= 0.3 is 5.69 Å². The number of aromatic nitrogens is 1. The zero-order valence-corrected chi connectivity index (χ0v) is 19.6. The van der Waals surface area contributed by atoms with E-state index in [2.05, 4.69) is 25.0 Å². The maximum atomic E-state index is 11.4. The van der Waals surface area contributed by atoms with Crippen molar-refractivity contribution < 1.29 is 9.34 Å². The summed E-state index contributed by atoms with van der Waals surface area (Å²) < 4.78 is 5.82. The van der Waals surface area contributed by atoms with Crippen LogP contribution in [0.25, 0.3) is 0 Å². The van der Waals surface area contributed by atoms with E-state index in [1.54, 1.807) is 23.9 Å². The van der Waals surface area contributed by atoms with Gasteiger partial charge in [-0.25, -0.2) is 4.98 Å². The lowest BCUT2D eigenvalue weighted by molar-refractivity contribution is -0.384. The van der Waals surface area contributed by atoms with Crippen molar-refractivity contribution in [1.29, 1.82) is 0 Å². The third-order valence-electron chi connectivity index (χ3n) is 5.17. The van der Waals surface area contributed by atoms with Gasteiger partial charge in [-0.2, -0.15) is 11.8 Å². The van der Waals surface area contributed by atoms with E-state index in [9.17, 15) is 10.1 Å². The molecule has 176 valence electrons. The van der Waals surface area contributed by atoms with Gasteiger partial charge < -0.3 is 25.3 Å². The summed E-state index contributed by atoms with van der Waals surface area (Å²) in [5.41, 5.74) is 5.64. The van der Waals surface area contributed by atoms with Crippen LogP contribution in [0.5, 0.6) is 0 Å². The van der Waals surface area contributed by atoms with Crippen molar-refractivity contribution in [3.05, 3.63) is 45.9 Å². The molecule has 0 aromatic carbocycles. The monoisotopic (exact) mass is 463 g/mol. The van der Waals surface area contributed by atoms with Crippen LogP contribution in [-0.2, 0) is 12.3 Å². The highest BCUT2D eigenvalue weighted by Crippen LogP contribution is 2.26. The maximum absolute atomic E-state index is 11.4. The second-order valence-electron chi connectivity index (χ2n) is 8.00. The van der Waals surface area contributed by atoms with Crippen molar-refractivity contribution in [2.24, 2.45) is 5.73 Å². The molecule has 0 bridgehead atoms. The molecule has 0 saturated carbocycles. The average molecular weight is 464 g/mol. The van der Waals surface area contributed by atoms with Crippen LogP contribution < -0.4 is 16.0 Å². The molecule has 0 atom stereocenters. The van der Waals surface area contributed by atoms with Crippen LogP contribution in [0.2, 0.25) is 0 Å². The molecule has 0 amide bonds. The fourth-order valence-electron chi connectivity index (χ4n) is 3.59. The van der Waals surface area contributed by atoms with E-state index in [0.717, 1.165) is 68.1 Å². The lowest BCUT2D eigenvalue weighted by atomic mass is 10.3. The Morgan fingerprint density at radius 2 is 1.97 bits per heavy atom. The number of nitrogens with zero attached hydrogens (tertiary/aromatic N) is 5. The molecule has 3 N–H and O–H groups in total. The Kier molecular flexibility index (Phi) is 9.15. The van der Waals surface area contributed by atoms with Gasteiger partial charge in [0.1, 0.15) is 17.3 Å². The van der Waals surface area contributed by atoms with Gasteiger partial charge in [-0.1, -0.05) is 0 Å². The smallest absolute Gasteiger partial charge is 0.311 e. The molecular weight excluding hydrogens is 430 g/mol. The van der Waals surface area contributed by atoms with Crippen molar-refractivity contribution >= 4 is 29.1 Å². The number of hydrogen-bond donors (Lipinski definition) is 2. The summed E-state index contributed by atoms with van der Waals surface area (Å²) in [4.78, 5) is 22.2. The zero-order chi connectivity index (χ0) is 22.9. The number of pyridine rings is 1. The van der Waals surface area contributed by atoms with Crippen LogP contribution in [0.3, 0.4) is 0 Å². The molecule has 1 fully saturated rings. The summed E-state index contributed by atoms with van der Waals surface area (Å²) in [6.07, 6.45) is 0. The van der Waals surface area contributed by atoms with E-state index in [1.807, 2.05) is 26.2 Å². The second kappa shape index (κ2) is 12.0. The van der Waals surface area contributed by atoms with Crippen LogP contribution in [0.15, 0.2) is 28.7 Å². The number of rotatable bonds is 12. The summed E-state index contributed by atoms with van der Waals surface area (Å²) in [6.45, 7) is 6.40. The van der Waals surface area contributed by atoms with Gasteiger partial charge in [0.2, 0.25) is 5.82 Å². The van der Waals surface area contributed by atoms with Gasteiger partial charge in [0.05, 0.1) is 17.2 Å². The Balaban J connectivity index is 1.50. The molecular formula is C21H33N7O3S. The first-order chi connectivity index (χ1) is 15.5. The Morgan fingerprint density at radius 3 is 2.66 bits per heavy atom. The molecule has 3 heterocycles. The number of anilines is 2. The Bertz CT molecular complexity index is 869. The van der Waals surface area contributed by atoms with Gasteiger partial charge in [-0.05, 0) is 32.3 Å². The minimum atomic E-state index is -0.388. The van der Waals surface area contributed by atoms with E-state index >= 15 is 0 Å². The SMILES string of the molecule is CN(C)Cc1ccc(CSCCNc2nc(N3CCN(CCN)CC3)ccc2[N+](=O)[O-])o1. The Morgan fingerprint density at radius 1 is 1.22 bits per heavy atom. The molecule has 0 radical (unpaired) electrons. The molecule has 0 aliphatic carbocycles. The highest BCUT2D eigenvalue weighted by Gasteiger charge is 2.21. The Hall–Kier alpha value is -2.34. The summed E-state index contributed by atoms with van der Waals surface area (Å²) in [7, 11) is 4.01. The maximum Gasteiger partial charge on any atom is 0.311 e. The molecule has 2 aromatic rings. The standard InChI is InChI=1S/C21H33N7O3S/c1-25(2)15-17-3-4-18(31-17)16-32-14-8-23-21-19(28(29)30)5-6-20(24-21)27-12-10-26(9-7-22)11-13-27/h3-6H,7-16,22H2,1-2H3,(H,23,24). The van der Waals surface area contributed by atoms with E-state index in [1.165, 1.54) is 0 Å². The lowest BCUT2D eigenvalue weighted by Gasteiger charge is -2.35. The fraction of sp³-hybridized carbons (Fsp3) is 0.571. The normalized spacial score (nSPS) is 14.8. The minimum Gasteiger partial charge on any atom is -0.464 e. The van der Waals surface area contributed by atoms with Crippen LogP contribution in [0, 0.1) is 10.1 Å². The molecule has 0 unspecified atom stereocenters. The number of thioether (sulfide) groups is 1. The number of piperazine rings is 1. The van der Waals surface area contributed by atoms with E-state index in [0.29, 0.717) is 18.9 Å². The van der Waals surface area contributed by atoms with Gasteiger partial charge in [-0.15, -0.1) is 0 Å². The number of furan rings is 1. The molecule has 3 rings (SSSR count). The predicted molar refractivity (Wildman–Crippen MR) is 129 cm³/mol. The van der Waals surface area contributed by atoms with Crippen molar-refractivity contribution in [3.63, 3.8) is 0 Å². The first kappa shape index (κ1) is 24.3. The lowest BCUT2D eigenvalue weighted by Crippen LogP contribution is -2.48. The third kappa shape index (κ3) is 7.09. The van der Waals surface area contributed by atoms with Gasteiger partial charge in [0, 0.05) is 57.6 Å². The number of nitro groups is 1. The number of nitrogens with one attached hydrogen (secondary N) is 1. The molecule has 0 spiro atoms. The summed E-state index contributed by atoms with van der Waals surface area (Å²) in [5, 5.41) is 14.6. The molecule has 10 nitrogen and oxygen atoms in total. The second-order valence-corrected chi connectivity index (χ2v) is 9.10. The number of nitrogens with two attached hydrogens (primary N) is 1. The largest absolute Gasteiger partial charge is 0.464 e. The minimum absolute atomic E-state index is 0.000112. The summed E-state index contributed by atoms with van der Waals surface area (Å²) in [6, 6.07) is 7.28. The van der Waals surface area contributed by atoms with E-state index in [4.69, 9.17) is 10.2 Å². The van der Waals surface area contributed by atoms with Crippen molar-refractivity contribution in [1.82, 2.24) is 14.8 Å². The van der Waals surface area contributed by atoms with E-state index in [-0.39, 0.29) is 10.6 Å². The molecule has 11 heteroatoms. The van der Waals surface area contributed by atoms with Gasteiger partial charge in [0.25, 0.3) is 0 Å². The summed E-state index contributed by atoms with van der Waals surface area (Å²) >= 11 is 1.72. The van der Waals surface area contributed by atoms with Crippen molar-refractivity contribution in [2.75, 3.05) is 75.9 Å². The first-order valence-electron chi connectivity index (χ1n) is 10.8. The van der Waals surface area contributed by atoms with Crippen molar-refractivity contribution in [2.45, 2.75) is 12.3 Å². The highest BCUT2D eigenvalue weighted by molar-refractivity contribution is 7.98. The average Bonchev–Trinajstić information content (AvgIpc) is 3.20. The van der Waals surface area contributed by atoms with Crippen LogP contribution in [0.4, 0.5) is 17.3 Å². The van der Waals surface area contributed by atoms with E-state index < -0.39 is 0 Å². The fourth-order valence-corrected chi connectivity index (χ4v) is 4.34. The van der Waals surface area contributed by atoms with Gasteiger partial charge in [-0.3, -0.25) is 15.0 Å². The molecule has 2 aromatic heterocycles. The third-order valence-corrected chi connectivity index (χ3v) is 6.15. The van der Waals surface area contributed by atoms with Crippen LogP contribution in [-0.4, -0.2) is 85.4 Å².